The first-order valence-corrected chi connectivity index (χ1v) is 12.0. The number of likely N-dealkylation sites (tertiary alicyclic amines) is 1. The van der Waals surface area contributed by atoms with Crippen molar-refractivity contribution >= 4 is 17.7 Å². The van der Waals surface area contributed by atoms with E-state index in [1.54, 1.807) is 7.11 Å². The minimum Gasteiger partial charge on any atom is -0.497 e. The van der Waals surface area contributed by atoms with Crippen molar-refractivity contribution in [2.24, 2.45) is 0 Å². The number of nitrogens with zero attached hydrogens (tertiary/aromatic N) is 5. The number of carbonyl (C=O) groups is 1. The van der Waals surface area contributed by atoms with Crippen LogP contribution >= 0.6 is 11.8 Å². The highest BCUT2D eigenvalue weighted by Gasteiger charge is 2.26. The molecule has 9 heteroatoms. The highest BCUT2D eigenvalue weighted by molar-refractivity contribution is 7.99. The lowest BCUT2D eigenvalue weighted by atomic mass is 10.1. The van der Waals surface area contributed by atoms with Gasteiger partial charge >= 0.3 is 0 Å². The van der Waals surface area contributed by atoms with Gasteiger partial charge in [0, 0.05) is 18.8 Å². The van der Waals surface area contributed by atoms with E-state index in [2.05, 4.69) is 26.6 Å². The average molecular weight is 446 g/mol. The molecule has 8 nitrogen and oxygen atoms in total. The molecule has 2 aromatic rings. The normalized spacial score (nSPS) is 18.7. The molecule has 31 heavy (non-hydrogen) atoms. The van der Waals surface area contributed by atoms with Gasteiger partial charge in [0.2, 0.25) is 5.91 Å². The van der Waals surface area contributed by atoms with Crippen molar-refractivity contribution in [3.8, 4) is 11.4 Å². The standard InChI is InChI=1S/C22H31N5O3S/c1-17(25-10-4-3-5-11-25)21-23-24-22(27(21)18-6-8-19(29-2)9-7-18)31-16-20(28)26-12-14-30-15-13-26/h6-9,17H,3-5,10-16H2,1-2H3/t17-/m0/s1. The quantitative estimate of drug-likeness (QED) is 0.607. The first-order chi connectivity index (χ1) is 15.2. The molecule has 2 aliphatic heterocycles. The summed E-state index contributed by atoms with van der Waals surface area (Å²) >= 11 is 1.45. The molecule has 4 rings (SSSR count). The van der Waals surface area contributed by atoms with E-state index >= 15 is 0 Å². The zero-order valence-corrected chi connectivity index (χ0v) is 19.1. The Bertz CT molecular complexity index is 861. The van der Waals surface area contributed by atoms with Crippen molar-refractivity contribution < 1.29 is 14.3 Å². The van der Waals surface area contributed by atoms with E-state index in [-0.39, 0.29) is 11.9 Å². The van der Waals surface area contributed by atoms with Gasteiger partial charge in [-0.3, -0.25) is 14.3 Å². The summed E-state index contributed by atoms with van der Waals surface area (Å²) in [6, 6.07) is 8.07. The second-order valence-corrected chi connectivity index (χ2v) is 8.87. The maximum atomic E-state index is 12.7. The van der Waals surface area contributed by atoms with Gasteiger partial charge in [-0.2, -0.15) is 0 Å². The maximum absolute atomic E-state index is 12.7. The number of morpholine rings is 1. The predicted octanol–water partition coefficient (Wildman–Crippen LogP) is 2.77. The van der Waals surface area contributed by atoms with E-state index in [9.17, 15) is 4.79 Å². The van der Waals surface area contributed by atoms with Crippen molar-refractivity contribution in [3.63, 3.8) is 0 Å². The molecular formula is C22H31N5O3S. The molecule has 0 bridgehead atoms. The molecule has 1 amide bonds. The molecule has 0 unspecified atom stereocenters. The van der Waals surface area contributed by atoms with Crippen LogP contribution in [0.25, 0.3) is 5.69 Å². The van der Waals surface area contributed by atoms with E-state index in [0.29, 0.717) is 32.1 Å². The van der Waals surface area contributed by atoms with Crippen molar-refractivity contribution in [2.45, 2.75) is 37.4 Å². The molecule has 0 aliphatic carbocycles. The third kappa shape index (κ3) is 5.22. The predicted molar refractivity (Wildman–Crippen MR) is 120 cm³/mol. The third-order valence-electron chi connectivity index (χ3n) is 5.99. The molecule has 2 fully saturated rings. The fraction of sp³-hybridized carbons (Fsp3) is 0.591. The van der Waals surface area contributed by atoms with E-state index in [1.165, 1.54) is 31.0 Å². The summed E-state index contributed by atoms with van der Waals surface area (Å²) < 4.78 is 12.8. The van der Waals surface area contributed by atoms with Crippen LogP contribution in [0.4, 0.5) is 0 Å². The van der Waals surface area contributed by atoms with Crippen molar-refractivity contribution in [1.82, 2.24) is 24.6 Å². The van der Waals surface area contributed by atoms with Crippen molar-refractivity contribution in [1.29, 1.82) is 0 Å². The molecular weight excluding hydrogens is 414 g/mol. The lowest BCUT2D eigenvalue weighted by Gasteiger charge is -2.32. The van der Waals surface area contributed by atoms with E-state index in [4.69, 9.17) is 9.47 Å². The van der Waals surface area contributed by atoms with Gasteiger partial charge < -0.3 is 14.4 Å². The monoisotopic (exact) mass is 445 g/mol. The second-order valence-electron chi connectivity index (χ2n) is 7.93. The Kier molecular flexibility index (Phi) is 7.47. The number of aromatic nitrogens is 3. The van der Waals surface area contributed by atoms with Gasteiger partial charge in [-0.15, -0.1) is 10.2 Å². The second kappa shape index (κ2) is 10.5. The zero-order valence-electron chi connectivity index (χ0n) is 18.3. The van der Waals surface area contributed by atoms with Gasteiger partial charge in [-0.1, -0.05) is 18.2 Å². The Labute approximate surface area is 187 Å². The lowest BCUT2D eigenvalue weighted by Crippen LogP contribution is -2.41. The molecule has 3 heterocycles. The van der Waals surface area contributed by atoms with Crippen LogP contribution < -0.4 is 4.74 Å². The Morgan fingerprint density at radius 1 is 1.10 bits per heavy atom. The largest absolute Gasteiger partial charge is 0.497 e. The summed E-state index contributed by atoms with van der Waals surface area (Å²) in [7, 11) is 1.66. The number of carbonyl (C=O) groups excluding carboxylic acids is 1. The van der Waals surface area contributed by atoms with Crippen LogP contribution in [0.15, 0.2) is 29.4 Å². The van der Waals surface area contributed by atoms with Crippen LogP contribution in [-0.2, 0) is 9.53 Å². The third-order valence-corrected chi connectivity index (χ3v) is 6.90. The number of methoxy groups -OCH3 is 1. The fourth-order valence-electron chi connectivity index (χ4n) is 4.12. The van der Waals surface area contributed by atoms with E-state index in [0.717, 1.165) is 35.5 Å². The number of thioether (sulfide) groups is 1. The van der Waals surface area contributed by atoms with Crippen molar-refractivity contribution in [3.05, 3.63) is 30.1 Å². The van der Waals surface area contributed by atoms with Crippen LogP contribution in [0, 0.1) is 0 Å². The summed E-state index contributed by atoms with van der Waals surface area (Å²) in [5, 5.41) is 9.81. The van der Waals surface area contributed by atoms with E-state index in [1.807, 2.05) is 29.2 Å². The first kappa shape index (κ1) is 22.1. The topological polar surface area (TPSA) is 72.7 Å². The lowest BCUT2D eigenvalue weighted by molar-refractivity contribution is -0.132. The van der Waals surface area contributed by atoms with Crippen LogP contribution in [0.5, 0.6) is 5.75 Å². The number of hydrogen-bond acceptors (Lipinski definition) is 7. The molecule has 1 aromatic carbocycles. The Morgan fingerprint density at radius 3 is 2.48 bits per heavy atom. The highest BCUT2D eigenvalue weighted by atomic mass is 32.2. The van der Waals surface area contributed by atoms with Gasteiger partial charge in [0.15, 0.2) is 11.0 Å². The number of ether oxygens (including phenoxy) is 2. The average Bonchev–Trinajstić information content (AvgIpc) is 3.27. The summed E-state index contributed by atoms with van der Waals surface area (Å²) in [5.74, 6) is 2.17. The number of piperidine rings is 1. The molecule has 0 spiro atoms. The Hall–Kier alpha value is -2.10. The Balaban J connectivity index is 1.57. The van der Waals surface area contributed by atoms with Crippen LogP contribution in [0.2, 0.25) is 0 Å². The molecule has 0 saturated carbocycles. The summed E-state index contributed by atoms with van der Waals surface area (Å²) in [6.45, 7) is 6.88. The zero-order chi connectivity index (χ0) is 21.6. The highest BCUT2D eigenvalue weighted by Crippen LogP contribution is 2.30. The van der Waals surface area contributed by atoms with E-state index < -0.39 is 0 Å². The summed E-state index contributed by atoms with van der Waals surface area (Å²) in [4.78, 5) is 17.0. The molecule has 0 N–H and O–H groups in total. The van der Waals surface area contributed by atoms with Gasteiger partial charge in [-0.05, 0) is 57.1 Å². The molecule has 0 radical (unpaired) electrons. The number of benzene rings is 1. The minimum absolute atomic E-state index is 0.114. The fourth-order valence-corrected chi connectivity index (χ4v) is 4.98. The molecule has 2 saturated heterocycles. The Morgan fingerprint density at radius 2 is 1.81 bits per heavy atom. The molecule has 168 valence electrons. The minimum atomic E-state index is 0.114. The van der Waals surface area contributed by atoms with Crippen LogP contribution in [0.3, 0.4) is 0 Å². The number of amides is 1. The number of rotatable bonds is 7. The molecule has 2 aliphatic rings. The van der Waals surface area contributed by atoms with Gasteiger partial charge in [0.25, 0.3) is 0 Å². The molecule has 1 aromatic heterocycles. The van der Waals surface area contributed by atoms with Gasteiger partial charge in [-0.25, -0.2) is 0 Å². The summed E-state index contributed by atoms with van der Waals surface area (Å²) in [6.07, 6.45) is 3.73. The summed E-state index contributed by atoms with van der Waals surface area (Å²) in [5.41, 5.74) is 0.978. The van der Waals surface area contributed by atoms with Crippen LogP contribution in [-0.4, -0.2) is 82.7 Å². The van der Waals surface area contributed by atoms with Crippen LogP contribution in [0.1, 0.15) is 38.1 Å². The first-order valence-electron chi connectivity index (χ1n) is 11.0. The van der Waals surface area contributed by atoms with Crippen molar-refractivity contribution in [2.75, 3.05) is 52.3 Å². The molecule has 1 atom stereocenters. The van der Waals surface area contributed by atoms with Gasteiger partial charge in [0.05, 0.1) is 32.1 Å². The van der Waals surface area contributed by atoms with Gasteiger partial charge in [0.1, 0.15) is 5.75 Å². The SMILES string of the molecule is COc1ccc(-n2c(SCC(=O)N3CCOCC3)nnc2[C@H](C)N2CCCCC2)cc1. The maximum Gasteiger partial charge on any atom is 0.233 e. The smallest absolute Gasteiger partial charge is 0.233 e. The number of hydrogen-bond donors (Lipinski definition) is 0.